The third-order valence-corrected chi connectivity index (χ3v) is 3.79. The molecule has 1 unspecified atom stereocenters. The van der Waals surface area contributed by atoms with Crippen LogP contribution in [0.5, 0.6) is 0 Å². The first kappa shape index (κ1) is 9.21. The summed E-state index contributed by atoms with van der Waals surface area (Å²) >= 11 is 3.71. The molecular formula is C9H10BrN5. The van der Waals surface area contributed by atoms with E-state index in [0.29, 0.717) is 10.5 Å². The molecule has 1 fully saturated rings. The fraction of sp³-hybridized carbons (Fsp3) is 0.556. The van der Waals surface area contributed by atoms with Gasteiger partial charge in [-0.3, -0.25) is 4.98 Å². The summed E-state index contributed by atoms with van der Waals surface area (Å²) in [4.78, 5) is 4.66. The molecule has 0 spiro atoms. The smallest absolute Gasteiger partial charge is 0.197 e. The minimum Gasteiger partial charge on any atom is -0.259 e. The molecule has 0 aliphatic heterocycles. The molecule has 0 bridgehead atoms. The summed E-state index contributed by atoms with van der Waals surface area (Å²) in [6, 6.07) is 0. The lowest BCUT2D eigenvalue weighted by Gasteiger charge is -2.07. The topological polar surface area (TPSA) is 56.0 Å². The number of hydrogen-bond acceptors (Lipinski definition) is 4. The largest absolute Gasteiger partial charge is 0.259 e. The molecule has 1 atom stereocenters. The van der Waals surface area contributed by atoms with Crippen LogP contribution in [0, 0.1) is 5.92 Å². The van der Waals surface area contributed by atoms with E-state index >= 15 is 0 Å². The van der Waals surface area contributed by atoms with E-state index in [2.05, 4.69) is 36.4 Å². The number of rotatable bonds is 3. The molecule has 5 nitrogen and oxygen atoms in total. The first-order valence-electron chi connectivity index (χ1n) is 4.99. The van der Waals surface area contributed by atoms with Crippen molar-refractivity contribution in [3.05, 3.63) is 18.1 Å². The normalized spacial score (nSPS) is 18.2. The van der Waals surface area contributed by atoms with Crippen LogP contribution in [-0.4, -0.2) is 29.9 Å². The van der Waals surface area contributed by atoms with E-state index in [1.807, 2.05) is 6.20 Å². The molecule has 6 heteroatoms. The van der Waals surface area contributed by atoms with Gasteiger partial charge in [-0.2, -0.15) is 4.52 Å². The summed E-state index contributed by atoms with van der Waals surface area (Å²) < 4.78 is 1.75. The molecule has 2 heterocycles. The predicted octanol–water partition coefficient (Wildman–Crippen LogP) is 1.24. The van der Waals surface area contributed by atoms with Crippen molar-refractivity contribution in [3.8, 4) is 0 Å². The van der Waals surface area contributed by atoms with Gasteiger partial charge in [-0.25, -0.2) is 0 Å². The first-order valence-corrected chi connectivity index (χ1v) is 5.91. The summed E-state index contributed by atoms with van der Waals surface area (Å²) in [6.07, 6.45) is 7.09. The van der Waals surface area contributed by atoms with E-state index in [1.165, 1.54) is 12.8 Å². The zero-order chi connectivity index (χ0) is 10.3. The van der Waals surface area contributed by atoms with Crippen molar-refractivity contribution >= 4 is 21.6 Å². The van der Waals surface area contributed by atoms with E-state index in [4.69, 9.17) is 0 Å². The number of halogens is 1. The molecule has 3 rings (SSSR count). The Morgan fingerprint density at radius 3 is 3.13 bits per heavy atom. The van der Waals surface area contributed by atoms with Crippen LogP contribution in [0.3, 0.4) is 0 Å². The van der Waals surface area contributed by atoms with Crippen molar-refractivity contribution in [2.24, 2.45) is 5.92 Å². The van der Waals surface area contributed by atoms with Crippen LogP contribution in [0.4, 0.5) is 0 Å². The Kier molecular flexibility index (Phi) is 2.16. The SMILES string of the molecule is BrC(Cc1cncc2nnnn12)C1CC1. The Bertz CT molecular complexity index is 478. The van der Waals surface area contributed by atoms with Gasteiger partial charge in [0.15, 0.2) is 5.65 Å². The average molecular weight is 268 g/mol. The van der Waals surface area contributed by atoms with Crippen molar-refractivity contribution in [1.29, 1.82) is 0 Å². The molecule has 2 aromatic heterocycles. The number of hydrogen-bond donors (Lipinski definition) is 0. The van der Waals surface area contributed by atoms with Crippen LogP contribution in [0.25, 0.3) is 5.65 Å². The summed E-state index contributed by atoms with van der Waals surface area (Å²) in [5.41, 5.74) is 1.77. The molecule has 2 aromatic rings. The summed E-state index contributed by atoms with van der Waals surface area (Å²) in [6.45, 7) is 0. The molecule has 0 amide bonds. The highest BCUT2D eigenvalue weighted by atomic mass is 79.9. The molecule has 0 aromatic carbocycles. The molecule has 1 aliphatic carbocycles. The number of tetrazole rings is 1. The Morgan fingerprint density at radius 2 is 2.33 bits per heavy atom. The van der Waals surface area contributed by atoms with Gasteiger partial charge in [0.25, 0.3) is 0 Å². The van der Waals surface area contributed by atoms with Crippen LogP contribution >= 0.6 is 15.9 Å². The van der Waals surface area contributed by atoms with Gasteiger partial charge in [0.05, 0.1) is 11.9 Å². The molecule has 1 saturated carbocycles. The molecular weight excluding hydrogens is 258 g/mol. The Balaban J connectivity index is 1.92. The summed E-state index contributed by atoms with van der Waals surface area (Å²) in [7, 11) is 0. The quantitative estimate of drug-likeness (QED) is 0.786. The zero-order valence-electron chi connectivity index (χ0n) is 8.04. The van der Waals surface area contributed by atoms with Gasteiger partial charge >= 0.3 is 0 Å². The van der Waals surface area contributed by atoms with E-state index < -0.39 is 0 Å². The third-order valence-electron chi connectivity index (χ3n) is 2.72. The summed E-state index contributed by atoms with van der Waals surface area (Å²) in [5, 5.41) is 11.5. The minimum atomic E-state index is 0.522. The third kappa shape index (κ3) is 1.73. The van der Waals surface area contributed by atoms with Crippen molar-refractivity contribution in [2.45, 2.75) is 24.1 Å². The number of fused-ring (bicyclic) bond motifs is 1. The Morgan fingerprint density at radius 1 is 1.47 bits per heavy atom. The standard InChI is InChI=1S/C9H10BrN5/c10-8(6-1-2-6)3-7-4-11-5-9-12-13-14-15(7)9/h4-6,8H,1-3H2. The van der Waals surface area contributed by atoms with Gasteiger partial charge in [0, 0.05) is 17.4 Å². The van der Waals surface area contributed by atoms with Crippen LogP contribution in [0.2, 0.25) is 0 Å². The van der Waals surface area contributed by atoms with Crippen molar-refractivity contribution < 1.29 is 0 Å². The fourth-order valence-corrected chi connectivity index (χ4v) is 2.55. The highest BCUT2D eigenvalue weighted by Gasteiger charge is 2.29. The van der Waals surface area contributed by atoms with Crippen LogP contribution in [0.1, 0.15) is 18.5 Å². The maximum absolute atomic E-state index is 4.13. The molecule has 15 heavy (non-hydrogen) atoms. The maximum Gasteiger partial charge on any atom is 0.197 e. The number of nitrogens with zero attached hydrogens (tertiary/aromatic N) is 5. The lowest BCUT2D eigenvalue weighted by atomic mass is 10.2. The van der Waals surface area contributed by atoms with Crippen LogP contribution < -0.4 is 0 Å². The van der Waals surface area contributed by atoms with E-state index in [0.717, 1.165) is 18.0 Å². The second kappa shape index (κ2) is 3.52. The highest BCUT2D eigenvalue weighted by Crippen LogP contribution is 2.37. The van der Waals surface area contributed by atoms with Gasteiger partial charge in [-0.15, -0.1) is 5.10 Å². The molecule has 0 saturated heterocycles. The number of aromatic nitrogens is 5. The molecule has 0 radical (unpaired) electrons. The predicted molar refractivity (Wildman–Crippen MR) is 57.7 cm³/mol. The number of alkyl halides is 1. The van der Waals surface area contributed by atoms with E-state index in [1.54, 1.807) is 10.7 Å². The highest BCUT2D eigenvalue weighted by molar-refractivity contribution is 9.09. The first-order chi connectivity index (χ1) is 7.34. The van der Waals surface area contributed by atoms with Gasteiger partial charge in [0.1, 0.15) is 0 Å². The monoisotopic (exact) mass is 267 g/mol. The molecule has 78 valence electrons. The second-order valence-electron chi connectivity index (χ2n) is 3.91. The lowest BCUT2D eigenvalue weighted by molar-refractivity contribution is 0.702. The second-order valence-corrected chi connectivity index (χ2v) is 5.08. The maximum atomic E-state index is 4.13. The fourth-order valence-electron chi connectivity index (χ4n) is 1.69. The van der Waals surface area contributed by atoms with Crippen LogP contribution in [-0.2, 0) is 6.42 Å². The minimum absolute atomic E-state index is 0.522. The van der Waals surface area contributed by atoms with Gasteiger partial charge < -0.3 is 0 Å². The molecule has 0 N–H and O–H groups in total. The average Bonchev–Trinajstić information content (AvgIpc) is 2.97. The van der Waals surface area contributed by atoms with Crippen LogP contribution in [0.15, 0.2) is 12.4 Å². The molecule has 1 aliphatic rings. The zero-order valence-corrected chi connectivity index (χ0v) is 9.63. The van der Waals surface area contributed by atoms with Crippen molar-refractivity contribution in [3.63, 3.8) is 0 Å². The van der Waals surface area contributed by atoms with Crippen molar-refractivity contribution in [2.75, 3.05) is 0 Å². The Hall–Kier alpha value is -1.04. The summed E-state index contributed by atoms with van der Waals surface area (Å²) in [5.74, 6) is 0.816. The van der Waals surface area contributed by atoms with E-state index in [-0.39, 0.29) is 0 Å². The lowest BCUT2D eigenvalue weighted by Crippen LogP contribution is -2.10. The van der Waals surface area contributed by atoms with Crippen molar-refractivity contribution in [1.82, 2.24) is 25.0 Å². The van der Waals surface area contributed by atoms with Gasteiger partial charge in [-0.1, -0.05) is 15.9 Å². The van der Waals surface area contributed by atoms with Gasteiger partial charge in [-0.05, 0) is 29.2 Å². The Labute approximate surface area is 95.0 Å². The van der Waals surface area contributed by atoms with Gasteiger partial charge in [0.2, 0.25) is 0 Å². The van der Waals surface area contributed by atoms with E-state index in [9.17, 15) is 0 Å².